The van der Waals surface area contributed by atoms with Crippen molar-refractivity contribution in [2.45, 2.75) is 23.8 Å². The molecule has 1 aromatic carbocycles. The van der Waals surface area contributed by atoms with Gasteiger partial charge in [0, 0.05) is 17.1 Å². The molecular weight excluding hydrogens is 359 g/mol. The Morgan fingerprint density at radius 1 is 1.47 bits per heavy atom. The van der Waals surface area contributed by atoms with Gasteiger partial charge < -0.3 is 5.73 Å². The summed E-state index contributed by atoms with van der Waals surface area (Å²) >= 11 is 3.08. The molecule has 0 amide bonds. The van der Waals surface area contributed by atoms with Crippen molar-refractivity contribution in [2.75, 3.05) is 6.54 Å². The zero-order valence-corrected chi connectivity index (χ0v) is 13.2. The first-order valence-corrected chi connectivity index (χ1v) is 7.88. The average Bonchev–Trinajstić information content (AvgIpc) is 3.09. The van der Waals surface area contributed by atoms with Crippen molar-refractivity contribution < 1.29 is 12.8 Å². The predicted octanol–water partition coefficient (Wildman–Crippen LogP) is 2.03. The molecule has 108 valence electrons. The average molecular weight is 374 g/mol. The second-order valence-corrected chi connectivity index (χ2v) is 7.08. The lowest BCUT2D eigenvalue weighted by atomic mass is 10.2. The summed E-state index contributed by atoms with van der Waals surface area (Å²) in [6, 6.07) is 3.64. The summed E-state index contributed by atoms with van der Waals surface area (Å²) < 4.78 is 40.2. The number of rotatable bonds is 5. The maximum absolute atomic E-state index is 13.6. The number of sulfonamides is 1. The van der Waals surface area contributed by atoms with Crippen LogP contribution in [0.5, 0.6) is 0 Å². The largest absolute Gasteiger partial charge is 0.326 e. The van der Waals surface area contributed by atoms with Crippen LogP contribution in [-0.4, -0.2) is 21.0 Å². The maximum atomic E-state index is 13.6. The van der Waals surface area contributed by atoms with Crippen molar-refractivity contribution in [1.29, 1.82) is 0 Å². The summed E-state index contributed by atoms with van der Waals surface area (Å²) in [5, 5.41) is 0. The van der Waals surface area contributed by atoms with Crippen molar-refractivity contribution in [3.05, 3.63) is 28.5 Å². The number of halogens is 3. The van der Waals surface area contributed by atoms with Crippen LogP contribution in [0.15, 0.2) is 27.6 Å². The number of hydrogen-bond donors (Lipinski definition) is 2. The second-order valence-electron chi connectivity index (χ2n) is 4.43. The normalized spacial score (nSPS) is 16.8. The highest BCUT2D eigenvalue weighted by molar-refractivity contribution is 9.10. The van der Waals surface area contributed by atoms with E-state index in [1.54, 1.807) is 0 Å². The molecule has 1 aliphatic carbocycles. The molecule has 19 heavy (non-hydrogen) atoms. The molecule has 0 aliphatic heterocycles. The van der Waals surface area contributed by atoms with E-state index in [-0.39, 0.29) is 29.9 Å². The number of benzene rings is 1. The van der Waals surface area contributed by atoms with E-state index in [4.69, 9.17) is 5.73 Å². The smallest absolute Gasteiger partial charge is 0.243 e. The van der Waals surface area contributed by atoms with Gasteiger partial charge in [0.25, 0.3) is 0 Å². The van der Waals surface area contributed by atoms with Crippen LogP contribution in [0.3, 0.4) is 0 Å². The highest BCUT2D eigenvalue weighted by atomic mass is 79.9. The molecule has 2 rings (SSSR count). The van der Waals surface area contributed by atoms with Crippen LogP contribution >= 0.6 is 28.3 Å². The molecule has 4 nitrogen and oxygen atoms in total. The van der Waals surface area contributed by atoms with Crippen LogP contribution in [0.1, 0.15) is 12.8 Å². The fraction of sp³-hybridized carbons (Fsp3) is 0.455. The van der Waals surface area contributed by atoms with E-state index in [2.05, 4.69) is 20.7 Å². The summed E-state index contributed by atoms with van der Waals surface area (Å²) in [4.78, 5) is -0.353. The first-order chi connectivity index (χ1) is 8.40. The third-order valence-electron chi connectivity index (χ3n) is 2.92. The molecule has 0 heterocycles. The van der Waals surface area contributed by atoms with Gasteiger partial charge in [-0.05, 0) is 37.0 Å². The fourth-order valence-corrected chi connectivity index (χ4v) is 3.13. The zero-order valence-electron chi connectivity index (χ0n) is 9.97. The topological polar surface area (TPSA) is 72.2 Å². The standard InChI is InChI=1S/C11H14BrFN2O2S.ClH/c12-8-3-4-11(9(13)5-8)18(16,17)15-6-10(14)7-1-2-7;/h3-5,7,10,15H,1-2,6,14H2;1H. The van der Waals surface area contributed by atoms with Crippen molar-refractivity contribution in [3.8, 4) is 0 Å². The van der Waals surface area contributed by atoms with E-state index in [0.717, 1.165) is 18.9 Å². The number of hydrogen-bond acceptors (Lipinski definition) is 3. The monoisotopic (exact) mass is 372 g/mol. The Balaban J connectivity index is 0.00000180. The molecule has 1 fully saturated rings. The van der Waals surface area contributed by atoms with E-state index >= 15 is 0 Å². The Morgan fingerprint density at radius 3 is 2.63 bits per heavy atom. The molecule has 1 aliphatic rings. The van der Waals surface area contributed by atoms with Crippen molar-refractivity contribution >= 4 is 38.4 Å². The van der Waals surface area contributed by atoms with Gasteiger partial charge in [-0.15, -0.1) is 12.4 Å². The molecule has 0 saturated heterocycles. The first kappa shape index (κ1) is 16.8. The van der Waals surface area contributed by atoms with Crippen LogP contribution < -0.4 is 10.5 Å². The van der Waals surface area contributed by atoms with Crippen LogP contribution in [0.25, 0.3) is 0 Å². The SMILES string of the molecule is Cl.NC(CNS(=O)(=O)c1ccc(Br)cc1F)C1CC1. The third kappa shape index (κ3) is 4.39. The molecule has 8 heteroatoms. The van der Waals surface area contributed by atoms with Gasteiger partial charge in [-0.2, -0.15) is 0 Å². The first-order valence-electron chi connectivity index (χ1n) is 5.60. The lowest BCUT2D eigenvalue weighted by Crippen LogP contribution is -2.38. The minimum atomic E-state index is -3.83. The summed E-state index contributed by atoms with van der Waals surface area (Å²) in [7, 11) is -3.83. The Bertz CT molecular complexity index is 552. The van der Waals surface area contributed by atoms with Crippen molar-refractivity contribution in [2.24, 2.45) is 11.7 Å². The van der Waals surface area contributed by atoms with Gasteiger partial charge >= 0.3 is 0 Å². The number of nitrogens with one attached hydrogen (secondary N) is 1. The molecule has 1 saturated carbocycles. The second kappa shape index (κ2) is 6.49. The fourth-order valence-electron chi connectivity index (χ4n) is 1.67. The molecule has 1 atom stereocenters. The summed E-state index contributed by atoms with van der Waals surface area (Å²) in [6.07, 6.45) is 2.07. The van der Waals surface area contributed by atoms with Crippen molar-refractivity contribution in [3.63, 3.8) is 0 Å². The third-order valence-corrected chi connectivity index (χ3v) is 4.87. The molecule has 0 aromatic heterocycles. The molecule has 0 radical (unpaired) electrons. The molecule has 1 aromatic rings. The highest BCUT2D eigenvalue weighted by Gasteiger charge is 2.29. The van der Waals surface area contributed by atoms with E-state index in [1.807, 2.05) is 0 Å². The van der Waals surface area contributed by atoms with E-state index < -0.39 is 15.8 Å². The Labute approximate surface area is 126 Å². The van der Waals surface area contributed by atoms with E-state index in [0.29, 0.717) is 10.4 Å². The van der Waals surface area contributed by atoms with Crippen LogP contribution in [0.4, 0.5) is 4.39 Å². The van der Waals surface area contributed by atoms with Gasteiger partial charge in [0.2, 0.25) is 10.0 Å². The zero-order chi connectivity index (χ0) is 13.3. The Hall–Kier alpha value is -0.210. The molecule has 0 bridgehead atoms. The van der Waals surface area contributed by atoms with Gasteiger partial charge in [0.15, 0.2) is 0 Å². The van der Waals surface area contributed by atoms with Gasteiger partial charge in [0.1, 0.15) is 10.7 Å². The lowest BCUT2D eigenvalue weighted by Gasteiger charge is -2.12. The van der Waals surface area contributed by atoms with Crippen LogP contribution in [0.2, 0.25) is 0 Å². The lowest BCUT2D eigenvalue weighted by molar-refractivity contribution is 0.536. The minimum Gasteiger partial charge on any atom is -0.326 e. The van der Waals surface area contributed by atoms with Crippen molar-refractivity contribution in [1.82, 2.24) is 4.72 Å². The molecule has 3 N–H and O–H groups in total. The Kier molecular flexibility index (Phi) is 5.76. The van der Waals surface area contributed by atoms with Gasteiger partial charge in [0.05, 0.1) is 0 Å². The van der Waals surface area contributed by atoms with Crippen LogP contribution in [-0.2, 0) is 10.0 Å². The minimum absolute atomic E-state index is 0. The van der Waals surface area contributed by atoms with Gasteiger partial charge in [-0.3, -0.25) is 0 Å². The van der Waals surface area contributed by atoms with Gasteiger partial charge in [-0.1, -0.05) is 15.9 Å². The molecule has 0 spiro atoms. The summed E-state index contributed by atoms with van der Waals surface area (Å²) in [6.45, 7) is 0.141. The molecular formula is C11H15BrClFN2O2S. The molecule has 1 unspecified atom stereocenters. The summed E-state index contributed by atoms with van der Waals surface area (Å²) in [5.74, 6) is -0.390. The predicted molar refractivity (Wildman–Crippen MR) is 77.2 cm³/mol. The van der Waals surface area contributed by atoms with E-state index in [1.165, 1.54) is 12.1 Å². The quantitative estimate of drug-likeness (QED) is 0.829. The van der Waals surface area contributed by atoms with E-state index in [9.17, 15) is 12.8 Å². The van der Waals surface area contributed by atoms with Crippen LogP contribution in [0, 0.1) is 11.7 Å². The van der Waals surface area contributed by atoms with Gasteiger partial charge in [-0.25, -0.2) is 17.5 Å². The highest BCUT2D eigenvalue weighted by Crippen LogP contribution is 2.31. The summed E-state index contributed by atoms with van der Waals surface area (Å²) in [5.41, 5.74) is 5.80. The number of nitrogens with two attached hydrogens (primary N) is 1. The Morgan fingerprint density at radius 2 is 2.11 bits per heavy atom. The maximum Gasteiger partial charge on any atom is 0.243 e.